The summed E-state index contributed by atoms with van der Waals surface area (Å²) in [6, 6.07) is 0. The Morgan fingerprint density at radius 2 is 1.94 bits per heavy atom. The standard InChI is InChI=1S/C13H22O3/c1-5-6-11(14)13(12(15)16-4)7-10(8-13)9(2)3/h9-10H,5-8H2,1-4H3. The number of methoxy groups -OCH3 is 1. The third kappa shape index (κ3) is 2.13. The van der Waals surface area contributed by atoms with Gasteiger partial charge in [0.15, 0.2) is 0 Å². The summed E-state index contributed by atoms with van der Waals surface area (Å²) in [4.78, 5) is 23.8. The summed E-state index contributed by atoms with van der Waals surface area (Å²) in [7, 11) is 1.37. The highest BCUT2D eigenvalue weighted by atomic mass is 16.5. The minimum absolute atomic E-state index is 0.0683. The molecule has 0 aromatic rings. The number of rotatable bonds is 5. The zero-order chi connectivity index (χ0) is 12.3. The van der Waals surface area contributed by atoms with E-state index in [2.05, 4.69) is 13.8 Å². The number of Topliss-reactive ketones (excluding diaryl/α,β-unsaturated/α-hetero) is 1. The van der Waals surface area contributed by atoms with Crippen molar-refractivity contribution in [2.24, 2.45) is 17.3 Å². The quantitative estimate of drug-likeness (QED) is 0.534. The summed E-state index contributed by atoms with van der Waals surface area (Å²) in [6.45, 7) is 6.23. The first-order valence-electron chi connectivity index (χ1n) is 6.09. The van der Waals surface area contributed by atoms with E-state index >= 15 is 0 Å². The smallest absolute Gasteiger partial charge is 0.319 e. The maximum absolute atomic E-state index is 12.0. The number of hydrogen-bond acceptors (Lipinski definition) is 3. The minimum atomic E-state index is -0.806. The SMILES string of the molecule is CCCC(=O)C1(C(=O)OC)CC(C(C)C)C1. The molecule has 0 aromatic carbocycles. The van der Waals surface area contributed by atoms with Crippen LogP contribution in [-0.4, -0.2) is 18.9 Å². The number of hydrogen-bond donors (Lipinski definition) is 0. The fourth-order valence-electron chi connectivity index (χ4n) is 2.48. The second-order valence-electron chi connectivity index (χ2n) is 5.16. The second-order valence-corrected chi connectivity index (χ2v) is 5.16. The summed E-state index contributed by atoms with van der Waals surface area (Å²) in [6.07, 6.45) is 2.64. The molecule has 3 nitrogen and oxygen atoms in total. The first-order valence-corrected chi connectivity index (χ1v) is 6.09. The van der Waals surface area contributed by atoms with Crippen molar-refractivity contribution >= 4 is 11.8 Å². The van der Waals surface area contributed by atoms with Gasteiger partial charge in [-0.15, -0.1) is 0 Å². The number of carbonyl (C=O) groups is 2. The Hall–Kier alpha value is -0.860. The third-order valence-corrected chi connectivity index (χ3v) is 3.75. The van der Waals surface area contributed by atoms with Crippen molar-refractivity contribution in [3.8, 4) is 0 Å². The molecule has 1 saturated carbocycles. The Balaban J connectivity index is 2.75. The first-order chi connectivity index (χ1) is 7.47. The van der Waals surface area contributed by atoms with E-state index in [0.717, 1.165) is 6.42 Å². The highest BCUT2D eigenvalue weighted by molar-refractivity contribution is 6.04. The molecular weight excluding hydrogens is 204 g/mol. The molecule has 0 aromatic heterocycles. The lowest BCUT2D eigenvalue weighted by atomic mass is 9.56. The van der Waals surface area contributed by atoms with Crippen molar-refractivity contribution in [1.82, 2.24) is 0 Å². The molecule has 16 heavy (non-hydrogen) atoms. The van der Waals surface area contributed by atoms with Crippen molar-refractivity contribution < 1.29 is 14.3 Å². The molecule has 1 aliphatic rings. The average Bonchev–Trinajstić information content (AvgIpc) is 2.15. The van der Waals surface area contributed by atoms with Crippen LogP contribution in [0.25, 0.3) is 0 Å². The van der Waals surface area contributed by atoms with Crippen molar-refractivity contribution in [3.63, 3.8) is 0 Å². The number of carbonyl (C=O) groups excluding carboxylic acids is 2. The van der Waals surface area contributed by atoms with Gasteiger partial charge in [-0.25, -0.2) is 0 Å². The number of ketones is 1. The molecule has 0 heterocycles. The molecule has 0 N–H and O–H groups in total. The molecule has 0 amide bonds. The molecule has 1 fully saturated rings. The van der Waals surface area contributed by atoms with E-state index in [-0.39, 0.29) is 11.8 Å². The first kappa shape index (κ1) is 13.2. The highest BCUT2D eigenvalue weighted by Crippen LogP contribution is 2.51. The average molecular weight is 226 g/mol. The second kappa shape index (κ2) is 4.98. The summed E-state index contributed by atoms with van der Waals surface area (Å²) in [5.74, 6) is 0.758. The molecule has 0 spiro atoms. The van der Waals surface area contributed by atoms with Gasteiger partial charge in [0.25, 0.3) is 0 Å². The molecule has 0 unspecified atom stereocenters. The Labute approximate surface area is 97.5 Å². The van der Waals surface area contributed by atoms with Crippen LogP contribution < -0.4 is 0 Å². The van der Waals surface area contributed by atoms with Gasteiger partial charge in [-0.05, 0) is 31.1 Å². The van der Waals surface area contributed by atoms with E-state index in [9.17, 15) is 9.59 Å². The van der Waals surface area contributed by atoms with Crippen molar-refractivity contribution in [2.45, 2.75) is 46.5 Å². The van der Waals surface area contributed by atoms with E-state index in [1.165, 1.54) is 7.11 Å². The van der Waals surface area contributed by atoms with Crippen LogP contribution in [0.4, 0.5) is 0 Å². The highest BCUT2D eigenvalue weighted by Gasteiger charge is 2.56. The summed E-state index contributed by atoms with van der Waals surface area (Å²) < 4.78 is 4.79. The fraction of sp³-hybridized carbons (Fsp3) is 0.846. The molecule has 1 aliphatic carbocycles. The van der Waals surface area contributed by atoms with Crippen LogP contribution in [0.5, 0.6) is 0 Å². The van der Waals surface area contributed by atoms with E-state index in [1.54, 1.807) is 0 Å². The fourth-order valence-corrected chi connectivity index (χ4v) is 2.48. The van der Waals surface area contributed by atoms with Crippen molar-refractivity contribution in [3.05, 3.63) is 0 Å². The van der Waals surface area contributed by atoms with Gasteiger partial charge < -0.3 is 4.74 Å². The molecule has 0 aliphatic heterocycles. The van der Waals surface area contributed by atoms with Gasteiger partial charge in [0.1, 0.15) is 11.2 Å². The summed E-state index contributed by atoms with van der Waals surface area (Å²) in [5, 5.41) is 0. The van der Waals surface area contributed by atoms with Gasteiger partial charge in [-0.3, -0.25) is 9.59 Å². The van der Waals surface area contributed by atoms with Crippen LogP contribution in [-0.2, 0) is 14.3 Å². The Bertz CT molecular complexity index is 275. The van der Waals surface area contributed by atoms with Crippen LogP contribution in [0.1, 0.15) is 46.5 Å². The van der Waals surface area contributed by atoms with Crippen LogP contribution in [0.2, 0.25) is 0 Å². The molecule has 1 rings (SSSR count). The van der Waals surface area contributed by atoms with Gasteiger partial charge in [0.05, 0.1) is 7.11 Å². The van der Waals surface area contributed by atoms with E-state index < -0.39 is 5.41 Å². The topological polar surface area (TPSA) is 43.4 Å². The lowest BCUT2D eigenvalue weighted by Crippen LogP contribution is -2.51. The monoisotopic (exact) mass is 226 g/mol. The normalized spacial score (nSPS) is 28.7. The van der Waals surface area contributed by atoms with Gasteiger partial charge in [-0.1, -0.05) is 20.8 Å². The molecule has 92 valence electrons. The largest absolute Gasteiger partial charge is 0.468 e. The maximum Gasteiger partial charge on any atom is 0.319 e. The van der Waals surface area contributed by atoms with Gasteiger partial charge in [0, 0.05) is 6.42 Å². The van der Waals surface area contributed by atoms with E-state index in [1.807, 2.05) is 6.92 Å². The predicted molar refractivity (Wildman–Crippen MR) is 61.9 cm³/mol. The molecule has 0 atom stereocenters. The lowest BCUT2D eigenvalue weighted by Gasteiger charge is -2.46. The Kier molecular flexibility index (Phi) is 4.11. The molecule has 0 bridgehead atoms. The minimum Gasteiger partial charge on any atom is -0.468 e. The van der Waals surface area contributed by atoms with Gasteiger partial charge >= 0.3 is 5.97 Å². The zero-order valence-electron chi connectivity index (χ0n) is 10.7. The third-order valence-electron chi connectivity index (χ3n) is 3.75. The van der Waals surface area contributed by atoms with Gasteiger partial charge in [0.2, 0.25) is 0 Å². The maximum atomic E-state index is 12.0. The van der Waals surface area contributed by atoms with Crippen LogP contribution in [0.3, 0.4) is 0 Å². The van der Waals surface area contributed by atoms with E-state index in [0.29, 0.717) is 31.1 Å². The van der Waals surface area contributed by atoms with Gasteiger partial charge in [-0.2, -0.15) is 0 Å². The van der Waals surface area contributed by atoms with Crippen molar-refractivity contribution in [1.29, 1.82) is 0 Å². The summed E-state index contributed by atoms with van der Waals surface area (Å²) in [5.41, 5.74) is -0.806. The predicted octanol–water partition coefficient (Wildman–Crippen LogP) is 2.58. The molecule has 3 heteroatoms. The van der Waals surface area contributed by atoms with Crippen LogP contribution in [0, 0.1) is 17.3 Å². The molecular formula is C13H22O3. The number of ether oxygens (including phenoxy) is 1. The van der Waals surface area contributed by atoms with Crippen molar-refractivity contribution in [2.75, 3.05) is 7.11 Å². The molecule has 0 radical (unpaired) electrons. The van der Waals surface area contributed by atoms with Crippen LogP contribution >= 0.6 is 0 Å². The van der Waals surface area contributed by atoms with Crippen LogP contribution in [0.15, 0.2) is 0 Å². The summed E-state index contributed by atoms with van der Waals surface area (Å²) >= 11 is 0. The lowest BCUT2D eigenvalue weighted by molar-refractivity contribution is -0.169. The Morgan fingerprint density at radius 3 is 2.31 bits per heavy atom. The zero-order valence-corrected chi connectivity index (χ0v) is 10.7. The van der Waals surface area contributed by atoms with E-state index in [4.69, 9.17) is 4.74 Å². The molecule has 0 saturated heterocycles. The number of esters is 1. The Morgan fingerprint density at radius 1 is 1.38 bits per heavy atom.